The Hall–Kier alpha value is 0.100. The lowest BCUT2D eigenvalue weighted by Gasteiger charge is -2.28. The summed E-state index contributed by atoms with van der Waals surface area (Å²) in [5, 5.41) is 0. The molecule has 1 saturated heterocycles. The van der Waals surface area contributed by atoms with Crippen LogP contribution in [0.5, 0.6) is 0 Å². The summed E-state index contributed by atoms with van der Waals surface area (Å²) >= 11 is 1.74. The van der Waals surface area contributed by atoms with E-state index in [0.29, 0.717) is 0 Å². The summed E-state index contributed by atoms with van der Waals surface area (Å²) in [5.74, 6) is 1.03. The van der Waals surface area contributed by atoms with Crippen molar-refractivity contribution < 1.29 is 13.2 Å². The van der Waals surface area contributed by atoms with Crippen molar-refractivity contribution in [1.82, 2.24) is 0 Å². The molecule has 84 valence electrons. The SMILES string of the molecule is CC1(C)SCCC1CC(N)C(F)(F)F. The Balaban J connectivity index is 2.52. The van der Waals surface area contributed by atoms with E-state index < -0.39 is 12.2 Å². The van der Waals surface area contributed by atoms with E-state index in [1.54, 1.807) is 11.8 Å². The molecule has 1 aliphatic heterocycles. The molecule has 1 heterocycles. The fourth-order valence-corrected chi connectivity index (χ4v) is 3.15. The van der Waals surface area contributed by atoms with Crippen LogP contribution in [0.1, 0.15) is 26.7 Å². The van der Waals surface area contributed by atoms with Crippen molar-refractivity contribution in [1.29, 1.82) is 0 Å². The fraction of sp³-hybridized carbons (Fsp3) is 1.00. The summed E-state index contributed by atoms with van der Waals surface area (Å²) < 4.78 is 36.6. The maximum atomic E-state index is 12.2. The fourth-order valence-electron chi connectivity index (χ4n) is 1.77. The van der Waals surface area contributed by atoms with E-state index in [1.807, 2.05) is 13.8 Å². The zero-order chi connectivity index (χ0) is 11.0. The molecular formula is C9H16F3NS. The van der Waals surface area contributed by atoms with E-state index in [-0.39, 0.29) is 17.1 Å². The first-order valence-corrected chi connectivity index (χ1v) is 5.68. The molecule has 2 N–H and O–H groups in total. The molecule has 0 bridgehead atoms. The molecule has 0 aliphatic carbocycles. The Labute approximate surface area is 86.6 Å². The number of hydrogen-bond donors (Lipinski definition) is 1. The summed E-state index contributed by atoms with van der Waals surface area (Å²) in [7, 11) is 0. The minimum absolute atomic E-state index is 0.0527. The number of halogens is 3. The van der Waals surface area contributed by atoms with Gasteiger partial charge in [-0.05, 0) is 24.5 Å². The number of thioether (sulfide) groups is 1. The number of hydrogen-bond acceptors (Lipinski definition) is 2. The highest BCUT2D eigenvalue weighted by Gasteiger charge is 2.43. The van der Waals surface area contributed by atoms with E-state index in [0.717, 1.165) is 12.2 Å². The number of nitrogens with two attached hydrogens (primary N) is 1. The first kappa shape index (κ1) is 12.2. The van der Waals surface area contributed by atoms with Gasteiger partial charge < -0.3 is 5.73 Å². The first-order chi connectivity index (χ1) is 6.23. The highest BCUT2D eigenvalue weighted by molar-refractivity contribution is 8.00. The van der Waals surface area contributed by atoms with Gasteiger partial charge in [-0.25, -0.2) is 0 Å². The lowest BCUT2D eigenvalue weighted by molar-refractivity contribution is -0.151. The molecule has 0 aromatic heterocycles. The second-order valence-corrected chi connectivity index (χ2v) is 6.07. The highest BCUT2D eigenvalue weighted by atomic mass is 32.2. The van der Waals surface area contributed by atoms with Gasteiger partial charge in [0.25, 0.3) is 0 Å². The van der Waals surface area contributed by atoms with E-state index >= 15 is 0 Å². The minimum atomic E-state index is -4.25. The van der Waals surface area contributed by atoms with Crippen LogP contribution in [0.4, 0.5) is 13.2 Å². The Morgan fingerprint density at radius 2 is 2.07 bits per heavy atom. The van der Waals surface area contributed by atoms with Crippen molar-refractivity contribution in [2.24, 2.45) is 11.7 Å². The maximum Gasteiger partial charge on any atom is 0.403 e. The van der Waals surface area contributed by atoms with Crippen molar-refractivity contribution >= 4 is 11.8 Å². The van der Waals surface area contributed by atoms with E-state index in [1.165, 1.54) is 0 Å². The second-order valence-electron chi connectivity index (χ2n) is 4.32. The van der Waals surface area contributed by atoms with Crippen LogP contribution in [0.15, 0.2) is 0 Å². The molecule has 1 nitrogen and oxygen atoms in total. The molecule has 14 heavy (non-hydrogen) atoms. The highest BCUT2D eigenvalue weighted by Crippen LogP contribution is 2.45. The smallest absolute Gasteiger partial charge is 0.320 e. The Kier molecular flexibility index (Phi) is 3.41. The Bertz CT molecular complexity index is 203. The van der Waals surface area contributed by atoms with Gasteiger partial charge in [0.05, 0.1) is 0 Å². The molecule has 5 heteroatoms. The van der Waals surface area contributed by atoms with E-state index in [4.69, 9.17) is 5.73 Å². The molecule has 0 radical (unpaired) electrons. The summed E-state index contributed by atoms with van der Waals surface area (Å²) in [6.45, 7) is 4.00. The predicted molar refractivity (Wildman–Crippen MR) is 53.3 cm³/mol. The summed E-state index contributed by atoms with van der Waals surface area (Å²) in [6.07, 6.45) is -3.34. The van der Waals surface area contributed by atoms with Gasteiger partial charge in [-0.2, -0.15) is 24.9 Å². The first-order valence-electron chi connectivity index (χ1n) is 4.70. The zero-order valence-electron chi connectivity index (χ0n) is 8.40. The molecular weight excluding hydrogens is 211 g/mol. The van der Waals surface area contributed by atoms with Gasteiger partial charge in [0.2, 0.25) is 0 Å². The summed E-state index contributed by atoms with van der Waals surface area (Å²) in [5.41, 5.74) is 5.12. The van der Waals surface area contributed by atoms with Crippen molar-refractivity contribution in [3.05, 3.63) is 0 Å². The molecule has 0 aromatic carbocycles. The lowest BCUT2D eigenvalue weighted by Crippen LogP contribution is -2.41. The van der Waals surface area contributed by atoms with Gasteiger partial charge >= 0.3 is 6.18 Å². The molecule has 0 saturated carbocycles. The van der Waals surface area contributed by atoms with Crippen molar-refractivity contribution in [2.45, 2.75) is 43.7 Å². The average Bonchev–Trinajstić information content (AvgIpc) is 2.29. The van der Waals surface area contributed by atoms with Crippen molar-refractivity contribution in [3.8, 4) is 0 Å². The van der Waals surface area contributed by atoms with Gasteiger partial charge in [0.1, 0.15) is 6.04 Å². The minimum Gasteiger partial charge on any atom is -0.320 e. The van der Waals surface area contributed by atoms with Crippen LogP contribution in [-0.4, -0.2) is 22.7 Å². The normalized spacial score (nSPS) is 29.1. The quantitative estimate of drug-likeness (QED) is 0.785. The second kappa shape index (κ2) is 3.93. The molecule has 1 fully saturated rings. The van der Waals surface area contributed by atoms with Crippen LogP contribution < -0.4 is 5.73 Å². The standard InChI is InChI=1S/C9H16F3NS/c1-8(2)6(3-4-14-8)5-7(13)9(10,11)12/h6-7H,3-5,13H2,1-2H3. The molecule has 1 rings (SSSR count). The molecule has 2 atom stereocenters. The van der Waals surface area contributed by atoms with Gasteiger partial charge in [-0.15, -0.1) is 0 Å². The lowest BCUT2D eigenvalue weighted by atomic mass is 9.87. The van der Waals surface area contributed by atoms with Gasteiger partial charge in [-0.3, -0.25) is 0 Å². The zero-order valence-corrected chi connectivity index (χ0v) is 9.21. The van der Waals surface area contributed by atoms with Crippen LogP contribution >= 0.6 is 11.8 Å². The maximum absolute atomic E-state index is 12.2. The predicted octanol–water partition coefficient (Wildman–Crippen LogP) is 2.80. The number of rotatable bonds is 2. The largest absolute Gasteiger partial charge is 0.403 e. The number of alkyl halides is 3. The topological polar surface area (TPSA) is 26.0 Å². The van der Waals surface area contributed by atoms with E-state index in [2.05, 4.69) is 0 Å². The van der Waals surface area contributed by atoms with Crippen LogP contribution in [-0.2, 0) is 0 Å². The third kappa shape index (κ3) is 2.79. The van der Waals surface area contributed by atoms with Crippen molar-refractivity contribution in [2.75, 3.05) is 5.75 Å². The Morgan fingerprint density at radius 3 is 2.43 bits per heavy atom. The van der Waals surface area contributed by atoms with Gasteiger partial charge in [0, 0.05) is 4.75 Å². The molecule has 1 aliphatic rings. The molecule has 0 aromatic rings. The Morgan fingerprint density at radius 1 is 1.50 bits per heavy atom. The van der Waals surface area contributed by atoms with Crippen LogP contribution in [0, 0.1) is 5.92 Å². The monoisotopic (exact) mass is 227 g/mol. The summed E-state index contributed by atoms with van der Waals surface area (Å²) in [4.78, 5) is 0. The van der Waals surface area contributed by atoms with Gasteiger partial charge in [0.15, 0.2) is 0 Å². The average molecular weight is 227 g/mol. The third-order valence-corrected chi connectivity index (χ3v) is 4.40. The van der Waals surface area contributed by atoms with Crippen LogP contribution in [0.25, 0.3) is 0 Å². The summed E-state index contributed by atoms with van der Waals surface area (Å²) in [6, 6.07) is -1.66. The third-order valence-electron chi connectivity index (χ3n) is 2.88. The van der Waals surface area contributed by atoms with E-state index in [9.17, 15) is 13.2 Å². The molecule has 0 spiro atoms. The molecule has 0 amide bonds. The van der Waals surface area contributed by atoms with Crippen LogP contribution in [0.3, 0.4) is 0 Å². The van der Waals surface area contributed by atoms with Crippen LogP contribution in [0.2, 0.25) is 0 Å². The van der Waals surface area contributed by atoms with Gasteiger partial charge in [-0.1, -0.05) is 13.8 Å². The molecule has 2 unspecified atom stereocenters. The van der Waals surface area contributed by atoms with Crippen molar-refractivity contribution in [3.63, 3.8) is 0 Å².